The lowest BCUT2D eigenvalue weighted by Gasteiger charge is -2.09. The van der Waals surface area contributed by atoms with Gasteiger partial charge in [0.05, 0.1) is 14.2 Å². The molecular weight excluding hydrogens is 232 g/mol. The van der Waals surface area contributed by atoms with Crippen molar-refractivity contribution in [1.29, 1.82) is 0 Å². The van der Waals surface area contributed by atoms with E-state index in [2.05, 4.69) is 5.16 Å². The fourth-order valence-electron chi connectivity index (χ4n) is 1.84. The van der Waals surface area contributed by atoms with Crippen LogP contribution in [0.3, 0.4) is 0 Å². The summed E-state index contributed by atoms with van der Waals surface area (Å²) in [5.41, 5.74) is 8.11. The van der Waals surface area contributed by atoms with Gasteiger partial charge in [0, 0.05) is 17.7 Å². The molecule has 1 heterocycles. The Bertz CT molecular complexity index is 549. The van der Waals surface area contributed by atoms with Crippen molar-refractivity contribution in [1.82, 2.24) is 5.16 Å². The van der Waals surface area contributed by atoms with Crippen molar-refractivity contribution in [2.45, 2.75) is 13.5 Å². The maximum absolute atomic E-state index is 5.72. The zero-order valence-electron chi connectivity index (χ0n) is 10.7. The summed E-state index contributed by atoms with van der Waals surface area (Å²) < 4.78 is 15.7. The monoisotopic (exact) mass is 248 g/mol. The van der Waals surface area contributed by atoms with Gasteiger partial charge in [-0.05, 0) is 25.1 Å². The highest BCUT2D eigenvalue weighted by atomic mass is 16.5. The highest BCUT2D eigenvalue weighted by molar-refractivity contribution is 5.71. The lowest BCUT2D eigenvalue weighted by molar-refractivity contribution is 0.394. The van der Waals surface area contributed by atoms with Gasteiger partial charge >= 0.3 is 0 Å². The molecule has 0 atom stereocenters. The van der Waals surface area contributed by atoms with Crippen LogP contribution in [0.15, 0.2) is 22.7 Å². The summed E-state index contributed by atoms with van der Waals surface area (Å²) in [4.78, 5) is 0. The van der Waals surface area contributed by atoms with Gasteiger partial charge in [0.2, 0.25) is 0 Å². The van der Waals surface area contributed by atoms with Crippen LogP contribution in [0.5, 0.6) is 11.5 Å². The molecule has 96 valence electrons. The smallest absolute Gasteiger partial charge is 0.138 e. The third-order valence-corrected chi connectivity index (χ3v) is 2.85. The van der Waals surface area contributed by atoms with Gasteiger partial charge in [-0.25, -0.2) is 0 Å². The lowest BCUT2D eigenvalue weighted by Crippen LogP contribution is -2.00. The van der Waals surface area contributed by atoms with E-state index in [9.17, 15) is 0 Å². The Balaban J connectivity index is 2.60. The van der Waals surface area contributed by atoms with E-state index >= 15 is 0 Å². The van der Waals surface area contributed by atoms with Crippen LogP contribution in [0.2, 0.25) is 0 Å². The molecule has 0 aliphatic carbocycles. The zero-order valence-corrected chi connectivity index (χ0v) is 10.7. The first-order valence-electron chi connectivity index (χ1n) is 5.58. The van der Waals surface area contributed by atoms with E-state index in [1.807, 2.05) is 25.1 Å². The highest BCUT2D eigenvalue weighted by Gasteiger charge is 2.17. The third-order valence-electron chi connectivity index (χ3n) is 2.85. The summed E-state index contributed by atoms with van der Waals surface area (Å²) in [5.74, 6) is 2.16. The lowest BCUT2D eigenvalue weighted by atomic mass is 10.0. The fraction of sp³-hybridized carbons (Fsp3) is 0.308. The summed E-state index contributed by atoms with van der Waals surface area (Å²) in [6, 6.07) is 5.52. The number of benzene rings is 1. The molecule has 2 aromatic rings. The van der Waals surface area contributed by atoms with Crippen LogP contribution in [0.1, 0.15) is 11.3 Å². The van der Waals surface area contributed by atoms with Crippen LogP contribution in [0, 0.1) is 6.92 Å². The molecule has 2 N–H and O–H groups in total. The summed E-state index contributed by atoms with van der Waals surface area (Å²) >= 11 is 0. The van der Waals surface area contributed by atoms with Gasteiger partial charge in [0.15, 0.2) is 0 Å². The van der Waals surface area contributed by atoms with Crippen molar-refractivity contribution in [3.63, 3.8) is 0 Å². The standard InChI is InChI=1S/C13H16N2O3/c1-8-11(7-14)13(15-18-8)10-6-9(16-2)4-5-12(10)17-3/h4-6H,7,14H2,1-3H3. The minimum atomic E-state index is 0.366. The molecule has 0 aliphatic rings. The number of aryl methyl sites for hydroxylation is 1. The second-order valence-electron chi connectivity index (χ2n) is 3.84. The van der Waals surface area contributed by atoms with Crippen molar-refractivity contribution in [2.24, 2.45) is 5.73 Å². The minimum absolute atomic E-state index is 0.366. The molecule has 18 heavy (non-hydrogen) atoms. The normalized spacial score (nSPS) is 10.4. The average Bonchev–Trinajstić information content (AvgIpc) is 2.78. The minimum Gasteiger partial charge on any atom is -0.497 e. The summed E-state index contributed by atoms with van der Waals surface area (Å²) in [6.07, 6.45) is 0. The highest BCUT2D eigenvalue weighted by Crippen LogP contribution is 2.35. The Morgan fingerprint density at radius 3 is 2.67 bits per heavy atom. The number of nitrogens with zero attached hydrogens (tertiary/aromatic N) is 1. The average molecular weight is 248 g/mol. The summed E-state index contributed by atoms with van der Waals surface area (Å²) in [6.45, 7) is 2.20. The second kappa shape index (κ2) is 5.10. The maximum atomic E-state index is 5.72. The van der Waals surface area contributed by atoms with Gasteiger partial charge in [0.1, 0.15) is 23.0 Å². The Morgan fingerprint density at radius 1 is 1.28 bits per heavy atom. The zero-order chi connectivity index (χ0) is 13.1. The molecule has 1 aromatic heterocycles. The molecule has 0 saturated heterocycles. The molecule has 0 radical (unpaired) electrons. The van der Waals surface area contributed by atoms with E-state index < -0.39 is 0 Å². The Hall–Kier alpha value is -2.01. The SMILES string of the molecule is COc1ccc(OC)c(-c2noc(C)c2CN)c1. The molecular formula is C13H16N2O3. The van der Waals surface area contributed by atoms with Crippen molar-refractivity contribution >= 4 is 0 Å². The van der Waals surface area contributed by atoms with Crippen molar-refractivity contribution in [3.8, 4) is 22.8 Å². The quantitative estimate of drug-likeness (QED) is 0.897. The summed E-state index contributed by atoms with van der Waals surface area (Å²) in [7, 11) is 3.23. The molecule has 5 heteroatoms. The molecule has 5 nitrogen and oxygen atoms in total. The number of rotatable bonds is 4. The van der Waals surface area contributed by atoms with Gasteiger partial charge in [-0.15, -0.1) is 0 Å². The predicted octanol–water partition coefficient (Wildman–Crippen LogP) is 2.13. The van der Waals surface area contributed by atoms with Gasteiger partial charge in [-0.2, -0.15) is 0 Å². The predicted molar refractivity (Wildman–Crippen MR) is 67.7 cm³/mol. The van der Waals surface area contributed by atoms with Gasteiger partial charge in [0.25, 0.3) is 0 Å². The molecule has 0 aliphatic heterocycles. The van der Waals surface area contributed by atoms with Crippen LogP contribution in [0.25, 0.3) is 11.3 Å². The Morgan fingerprint density at radius 2 is 2.06 bits per heavy atom. The van der Waals surface area contributed by atoms with E-state index in [0.717, 1.165) is 22.6 Å². The molecule has 0 saturated carbocycles. The first-order valence-corrected chi connectivity index (χ1v) is 5.58. The van der Waals surface area contributed by atoms with Gasteiger partial charge in [-0.1, -0.05) is 5.16 Å². The number of methoxy groups -OCH3 is 2. The third kappa shape index (κ3) is 2.04. The number of hydrogen-bond donors (Lipinski definition) is 1. The van der Waals surface area contributed by atoms with Crippen LogP contribution >= 0.6 is 0 Å². The fourth-order valence-corrected chi connectivity index (χ4v) is 1.84. The molecule has 1 aromatic carbocycles. The first kappa shape index (κ1) is 12.4. The number of hydrogen-bond acceptors (Lipinski definition) is 5. The second-order valence-corrected chi connectivity index (χ2v) is 3.84. The number of nitrogens with two attached hydrogens (primary N) is 1. The largest absolute Gasteiger partial charge is 0.497 e. The van der Waals surface area contributed by atoms with Crippen molar-refractivity contribution in [2.75, 3.05) is 14.2 Å². The van der Waals surface area contributed by atoms with Crippen LogP contribution in [-0.2, 0) is 6.54 Å². The Kier molecular flexibility index (Phi) is 3.53. The topological polar surface area (TPSA) is 70.5 Å². The molecule has 0 fully saturated rings. The van der Waals surface area contributed by atoms with Crippen LogP contribution in [-0.4, -0.2) is 19.4 Å². The number of aromatic nitrogens is 1. The maximum Gasteiger partial charge on any atom is 0.138 e. The van der Waals surface area contributed by atoms with E-state index in [0.29, 0.717) is 18.0 Å². The van der Waals surface area contributed by atoms with Crippen LogP contribution in [0.4, 0.5) is 0 Å². The Labute approximate surface area is 105 Å². The van der Waals surface area contributed by atoms with Gasteiger partial charge in [-0.3, -0.25) is 0 Å². The van der Waals surface area contributed by atoms with Gasteiger partial charge < -0.3 is 19.7 Å². The number of ether oxygens (including phenoxy) is 2. The van der Waals surface area contributed by atoms with Crippen LogP contribution < -0.4 is 15.2 Å². The van der Waals surface area contributed by atoms with Crippen molar-refractivity contribution in [3.05, 3.63) is 29.5 Å². The molecule has 0 amide bonds. The molecule has 0 bridgehead atoms. The van der Waals surface area contributed by atoms with E-state index in [1.165, 1.54) is 0 Å². The molecule has 0 spiro atoms. The first-order chi connectivity index (χ1) is 8.71. The molecule has 2 rings (SSSR count). The molecule has 0 unspecified atom stereocenters. The summed E-state index contributed by atoms with van der Waals surface area (Å²) in [5, 5.41) is 4.05. The van der Waals surface area contributed by atoms with E-state index in [-0.39, 0.29) is 0 Å². The van der Waals surface area contributed by atoms with E-state index in [1.54, 1.807) is 14.2 Å². The van der Waals surface area contributed by atoms with Crippen molar-refractivity contribution < 1.29 is 14.0 Å². The van der Waals surface area contributed by atoms with E-state index in [4.69, 9.17) is 19.7 Å².